The van der Waals surface area contributed by atoms with Crippen LogP contribution in [0.1, 0.15) is 239 Å². The third kappa shape index (κ3) is 54.9. The maximum absolute atomic E-state index is 12.7. The van der Waals surface area contributed by atoms with E-state index >= 15 is 0 Å². The maximum atomic E-state index is 12.7. The van der Waals surface area contributed by atoms with Crippen LogP contribution in [0.25, 0.3) is 0 Å². The Kier molecular flexibility index (Phi) is 54.5. The number of ether oxygens (including phenoxy) is 3. The SMILES string of the molecule is CC/C=C\C/C=C\C/C=C\C/C=C\C/C=C\CCCCCC(=O)OC[C@H](COC(=O)CCC/C=C\C/C=C\C/C=C\C/C=C\C/C=C\CC)OCCCCCCCCCCCCCCCCCC. The normalized spacial score (nSPS) is 13.2. The number of unbranched alkanes of at least 4 members (excludes halogenated alkanes) is 19. The molecule has 0 aromatic heterocycles. The average Bonchev–Trinajstić information content (AvgIpc) is 3.34. The molecule has 0 unspecified atom stereocenters. The molecule has 0 amide bonds. The fraction of sp³-hybridized carbons (Fsp3) is 0.651. The van der Waals surface area contributed by atoms with Gasteiger partial charge in [-0.05, 0) is 103 Å². The zero-order valence-corrected chi connectivity index (χ0v) is 44.3. The summed E-state index contributed by atoms with van der Waals surface area (Å²) in [5.74, 6) is -0.438. The average molecular weight is 942 g/mol. The minimum atomic E-state index is -0.444. The van der Waals surface area contributed by atoms with Gasteiger partial charge in [-0.3, -0.25) is 9.59 Å². The van der Waals surface area contributed by atoms with Crippen molar-refractivity contribution < 1.29 is 23.8 Å². The van der Waals surface area contributed by atoms with E-state index < -0.39 is 6.10 Å². The predicted octanol–water partition coefficient (Wildman–Crippen LogP) is 19.3. The van der Waals surface area contributed by atoms with Crippen LogP contribution in [0.4, 0.5) is 0 Å². The minimum Gasteiger partial charge on any atom is -0.463 e. The van der Waals surface area contributed by atoms with Gasteiger partial charge in [-0.2, -0.15) is 0 Å². The van der Waals surface area contributed by atoms with Crippen molar-refractivity contribution in [2.24, 2.45) is 0 Å². The molecule has 0 bridgehead atoms. The van der Waals surface area contributed by atoms with Crippen LogP contribution in [0.5, 0.6) is 0 Å². The monoisotopic (exact) mass is 941 g/mol. The molecule has 0 aliphatic heterocycles. The number of hydrogen-bond acceptors (Lipinski definition) is 5. The fourth-order valence-electron chi connectivity index (χ4n) is 7.37. The Labute approximate surface area is 420 Å². The first kappa shape index (κ1) is 64.3. The van der Waals surface area contributed by atoms with Crippen molar-refractivity contribution in [3.05, 3.63) is 122 Å². The van der Waals surface area contributed by atoms with Gasteiger partial charge in [0.15, 0.2) is 0 Å². The van der Waals surface area contributed by atoms with Gasteiger partial charge < -0.3 is 14.2 Å². The van der Waals surface area contributed by atoms with Crippen molar-refractivity contribution in [3.63, 3.8) is 0 Å². The zero-order chi connectivity index (χ0) is 49.2. The summed E-state index contributed by atoms with van der Waals surface area (Å²) in [6, 6.07) is 0. The van der Waals surface area contributed by atoms with Crippen LogP contribution in [0.2, 0.25) is 0 Å². The zero-order valence-electron chi connectivity index (χ0n) is 44.3. The molecule has 0 aromatic carbocycles. The van der Waals surface area contributed by atoms with E-state index in [2.05, 4.69) is 142 Å². The van der Waals surface area contributed by atoms with Crippen LogP contribution in [-0.2, 0) is 23.8 Å². The van der Waals surface area contributed by atoms with Crippen LogP contribution in [-0.4, -0.2) is 37.9 Å². The molecule has 386 valence electrons. The topological polar surface area (TPSA) is 61.8 Å². The van der Waals surface area contributed by atoms with Gasteiger partial charge >= 0.3 is 11.9 Å². The van der Waals surface area contributed by atoms with E-state index in [0.717, 1.165) is 116 Å². The van der Waals surface area contributed by atoms with Crippen LogP contribution >= 0.6 is 0 Å². The molecular weight excluding hydrogens is 837 g/mol. The highest BCUT2D eigenvalue weighted by molar-refractivity contribution is 5.69. The molecule has 0 spiro atoms. The van der Waals surface area contributed by atoms with Crippen LogP contribution in [0.15, 0.2) is 122 Å². The summed E-state index contributed by atoms with van der Waals surface area (Å²) >= 11 is 0. The number of carbonyl (C=O) groups is 2. The third-order valence-corrected chi connectivity index (χ3v) is 11.5. The molecule has 5 heteroatoms. The lowest BCUT2D eigenvalue weighted by Gasteiger charge is -2.18. The molecule has 0 saturated heterocycles. The van der Waals surface area contributed by atoms with Gasteiger partial charge in [-0.15, -0.1) is 0 Å². The summed E-state index contributed by atoms with van der Waals surface area (Å²) in [7, 11) is 0. The first-order valence-electron chi connectivity index (χ1n) is 28.1. The summed E-state index contributed by atoms with van der Waals surface area (Å²) < 4.78 is 17.4. The first-order valence-corrected chi connectivity index (χ1v) is 28.1. The highest BCUT2D eigenvalue weighted by Gasteiger charge is 2.16. The van der Waals surface area contributed by atoms with Crippen molar-refractivity contribution in [1.29, 1.82) is 0 Å². The van der Waals surface area contributed by atoms with Gasteiger partial charge in [-0.25, -0.2) is 0 Å². The van der Waals surface area contributed by atoms with E-state index in [4.69, 9.17) is 14.2 Å². The molecule has 0 rings (SSSR count). The van der Waals surface area contributed by atoms with Crippen molar-refractivity contribution >= 4 is 11.9 Å². The van der Waals surface area contributed by atoms with Gasteiger partial charge in [0.2, 0.25) is 0 Å². The van der Waals surface area contributed by atoms with Crippen molar-refractivity contribution in [2.45, 2.75) is 245 Å². The van der Waals surface area contributed by atoms with Crippen molar-refractivity contribution in [2.75, 3.05) is 19.8 Å². The highest BCUT2D eigenvalue weighted by Crippen LogP contribution is 2.15. The molecule has 1 atom stereocenters. The standard InChI is InChI=1S/C63H104O5/c1-4-7-10-13-16-19-22-25-28-31-32-34-36-39-42-45-48-51-54-57-63(65)68-60-61(66-58-55-52-49-46-43-40-37-30-27-24-21-18-15-12-9-6-3)59-67-62(64)56-53-50-47-44-41-38-35-33-29-26-23-20-17-14-11-8-5-2/h7-8,10-11,16-17,19-20,25-26,28-29,32,34-35,38-39,42,44,47,61H,4-6,9,12-15,18,21-24,27,30-31,33,36-37,40-41,43,45-46,48-60H2,1-3H3/b10-7-,11-8-,19-16-,20-17-,28-25-,29-26-,34-32-,38-35-,42-39-,47-44-/t61-/m0/s1. The van der Waals surface area contributed by atoms with Crippen LogP contribution < -0.4 is 0 Å². The van der Waals surface area contributed by atoms with E-state index in [0.29, 0.717) is 19.4 Å². The molecule has 0 aliphatic rings. The van der Waals surface area contributed by atoms with Crippen LogP contribution in [0, 0.1) is 0 Å². The predicted molar refractivity (Wildman–Crippen MR) is 297 cm³/mol. The molecule has 0 aliphatic carbocycles. The number of hydrogen-bond donors (Lipinski definition) is 0. The molecule has 0 saturated carbocycles. The quantitative estimate of drug-likeness (QED) is 0.0345. The number of esters is 2. The smallest absolute Gasteiger partial charge is 0.305 e. The summed E-state index contributed by atoms with van der Waals surface area (Å²) in [5, 5.41) is 0. The largest absolute Gasteiger partial charge is 0.463 e. The molecule has 0 fully saturated rings. The van der Waals surface area contributed by atoms with Gasteiger partial charge in [0.1, 0.15) is 19.3 Å². The number of carbonyl (C=O) groups excluding carboxylic acids is 2. The molecule has 0 heterocycles. The first-order chi connectivity index (χ1) is 33.6. The molecule has 68 heavy (non-hydrogen) atoms. The fourth-order valence-corrected chi connectivity index (χ4v) is 7.37. The molecular formula is C63H104O5. The van der Waals surface area contributed by atoms with Gasteiger partial charge in [0.05, 0.1) is 0 Å². The molecule has 0 aromatic rings. The van der Waals surface area contributed by atoms with Gasteiger partial charge in [0, 0.05) is 19.4 Å². The molecule has 0 N–H and O–H groups in total. The Morgan fingerprint density at radius 1 is 0.324 bits per heavy atom. The van der Waals surface area contributed by atoms with E-state index in [1.165, 1.54) is 89.9 Å². The minimum absolute atomic E-state index is 0.111. The maximum Gasteiger partial charge on any atom is 0.305 e. The van der Waals surface area contributed by atoms with Crippen molar-refractivity contribution in [3.8, 4) is 0 Å². The number of allylic oxidation sites excluding steroid dienone is 20. The van der Waals surface area contributed by atoms with Crippen LogP contribution in [0.3, 0.4) is 0 Å². The lowest BCUT2D eigenvalue weighted by Crippen LogP contribution is -2.29. The Bertz CT molecular complexity index is 1390. The summed E-state index contributed by atoms with van der Waals surface area (Å²) in [6.07, 6.45) is 81.0. The molecule has 5 nitrogen and oxygen atoms in total. The Balaban J connectivity index is 4.43. The second-order valence-electron chi connectivity index (χ2n) is 18.1. The van der Waals surface area contributed by atoms with Crippen molar-refractivity contribution in [1.82, 2.24) is 0 Å². The van der Waals surface area contributed by atoms with E-state index in [1.54, 1.807) is 0 Å². The van der Waals surface area contributed by atoms with Gasteiger partial charge in [-0.1, -0.05) is 245 Å². The Morgan fingerprint density at radius 3 is 0.985 bits per heavy atom. The Morgan fingerprint density at radius 2 is 0.618 bits per heavy atom. The van der Waals surface area contributed by atoms with E-state index in [1.807, 2.05) is 0 Å². The summed E-state index contributed by atoms with van der Waals surface area (Å²) in [6.45, 7) is 7.41. The third-order valence-electron chi connectivity index (χ3n) is 11.5. The lowest BCUT2D eigenvalue weighted by atomic mass is 10.0. The summed E-state index contributed by atoms with van der Waals surface area (Å²) in [4.78, 5) is 25.3. The van der Waals surface area contributed by atoms with Gasteiger partial charge in [0.25, 0.3) is 0 Å². The number of rotatable bonds is 50. The van der Waals surface area contributed by atoms with E-state index in [9.17, 15) is 9.59 Å². The second-order valence-corrected chi connectivity index (χ2v) is 18.1. The highest BCUT2D eigenvalue weighted by atomic mass is 16.6. The Hall–Kier alpha value is -3.70. The summed E-state index contributed by atoms with van der Waals surface area (Å²) in [5.41, 5.74) is 0. The second kappa shape index (κ2) is 57.6. The van der Waals surface area contributed by atoms with E-state index in [-0.39, 0.29) is 25.2 Å². The lowest BCUT2D eigenvalue weighted by molar-refractivity contribution is -0.155. The molecule has 0 radical (unpaired) electrons.